The molecule has 29 heavy (non-hydrogen) atoms. The van der Waals surface area contributed by atoms with Crippen molar-refractivity contribution in [1.29, 1.82) is 0 Å². The first-order chi connectivity index (χ1) is 14.2. The monoisotopic (exact) mass is 389 g/mol. The molecule has 148 valence electrons. The lowest BCUT2D eigenvalue weighted by atomic mass is 10.2. The first-order valence-electron chi connectivity index (χ1n) is 9.47. The first-order valence-corrected chi connectivity index (χ1v) is 9.47. The predicted octanol–water partition coefficient (Wildman–Crippen LogP) is 2.99. The summed E-state index contributed by atoms with van der Waals surface area (Å²) in [6.45, 7) is 2.49. The summed E-state index contributed by atoms with van der Waals surface area (Å²) < 4.78 is 11.8. The molecule has 0 saturated carbocycles. The highest BCUT2D eigenvalue weighted by Gasteiger charge is 2.05. The number of ether oxygens (including phenoxy) is 2. The zero-order chi connectivity index (χ0) is 20.1. The molecule has 5 N–H and O–H groups in total. The minimum absolute atomic E-state index is 0.502. The molecule has 2 heterocycles. The van der Waals surface area contributed by atoms with Gasteiger partial charge in [0.1, 0.15) is 36.3 Å². The predicted molar refractivity (Wildman–Crippen MR) is 116 cm³/mol. The number of anilines is 2. The number of fused-ring (bicyclic) bond motifs is 2. The largest absolute Gasteiger partial charge is 0.492 e. The fourth-order valence-corrected chi connectivity index (χ4v) is 3.13. The van der Waals surface area contributed by atoms with Crippen molar-refractivity contribution >= 4 is 33.4 Å². The van der Waals surface area contributed by atoms with Gasteiger partial charge in [-0.05, 0) is 48.5 Å². The van der Waals surface area contributed by atoms with Crippen LogP contribution in [0.2, 0.25) is 0 Å². The Balaban J connectivity index is 1.23. The van der Waals surface area contributed by atoms with Crippen LogP contribution in [0.15, 0.2) is 60.7 Å². The molecular weight excluding hydrogens is 366 g/mol. The number of nitrogens with one attached hydrogen (secondary N) is 1. The number of nitrogens with zero attached hydrogens (tertiary/aromatic N) is 2. The van der Waals surface area contributed by atoms with Gasteiger partial charge >= 0.3 is 0 Å². The van der Waals surface area contributed by atoms with Crippen molar-refractivity contribution in [3.8, 4) is 11.5 Å². The van der Waals surface area contributed by atoms with Crippen LogP contribution in [0.25, 0.3) is 21.8 Å². The van der Waals surface area contributed by atoms with Gasteiger partial charge in [0.25, 0.3) is 0 Å². The first kappa shape index (κ1) is 18.8. The highest BCUT2D eigenvalue weighted by Crippen LogP contribution is 2.25. The van der Waals surface area contributed by atoms with E-state index in [9.17, 15) is 0 Å². The standard InChI is InChI=1S/C22H23N5O2/c23-21-9-7-15-17(26-21)3-1-5-19(15)28-13-11-25-12-14-29-20-6-2-4-18-16(20)8-10-22(24)27-18/h1-10,25H,11-14H2,(H2,23,26)(H2,24,27). The van der Waals surface area contributed by atoms with Gasteiger partial charge in [0.2, 0.25) is 0 Å². The average Bonchev–Trinajstić information content (AvgIpc) is 2.72. The van der Waals surface area contributed by atoms with E-state index < -0.39 is 0 Å². The summed E-state index contributed by atoms with van der Waals surface area (Å²) in [6.07, 6.45) is 0. The number of benzene rings is 2. The summed E-state index contributed by atoms with van der Waals surface area (Å²) in [5, 5.41) is 5.23. The molecule has 0 unspecified atom stereocenters. The molecule has 0 fully saturated rings. The van der Waals surface area contributed by atoms with Crippen molar-refractivity contribution in [2.75, 3.05) is 37.8 Å². The lowest BCUT2D eigenvalue weighted by Crippen LogP contribution is -2.26. The summed E-state index contributed by atoms with van der Waals surface area (Å²) in [7, 11) is 0. The molecule has 4 aromatic rings. The second-order valence-corrected chi connectivity index (χ2v) is 6.56. The third-order valence-electron chi connectivity index (χ3n) is 4.50. The molecule has 4 rings (SSSR count). The number of nitrogen functional groups attached to an aromatic ring is 2. The smallest absolute Gasteiger partial charge is 0.128 e. The molecule has 0 amide bonds. The van der Waals surface area contributed by atoms with Crippen LogP contribution in [0.4, 0.5) is 11.6 Å². The highest BCUT2D eigenvalue weighted by atomic mass is 16.5. The maximum atomic E-state index is 5.89. The Morgan fingerprint density at radius 2 is 1.14 bits per heavy atom. The van der Waals surface area contributed by atoms with Crippen molar-refractivity contribution in [2.24, 2.45) is 0 Å². The number of aromatic nitrogens is 2. The van der Waals surface area contributed by atoms with Crippen LogP contribution in [0.1, 0.15) is 0 Å². The van der Waals surface area contributed by atoms with Gasteiger partial charge in [0.15, 0.2) is 0 Å². The van der Waals surface area contributed by atoms with Gasteiger partial charge in [0, 0.05) is 23.9 Å². The Morgan fingerprint density at radius 1 is 0.655 bits per heavy atom. The zero-order valence-corrected chi connectivity index (χ0v) is 16.0. The minimum Gasteiger partial charge on any atom is -0.492 e. The van der Waals surface area contributed by atoms with Crippen molar-refractivity contribution < 1.29 is 9.47 Å². The maximum Gasteiger partial charge on any atom is 0.128 e. The number of nitrogens with two attached hydrogens (primary N) is 2. The molecule has 2 aromatic carbocycles. The summed E-state index contributed by atoms with van der Waals surface area (Å²) in [6, 6.07) is 19.0. The third-order valence-corrected chi connectivity index (χ3v) is 4.50. The Morgan fingerprint density at radius 3 is 1.62 bits per heavy atom. The van der Waals surface area contributed by atoms with Crippen LogP contribution in [0, 0.1) is 0 Å². The van der Waals surface area contributed by atoms with Crippen LogP contribution in [0.3, 0.4) is 0 Å². The van der Waals surface area contributed by atoms with Gasteiger partial charge in [0.05, 0.1) is 11.0 Å². The van der Waals surface area contributed by atoms with Crippen LogP contribution < -0.4 is 26.3 Å². The second kappa shape index (κ2) is 8.62. The molecule has 0 aliphatic heterocycles. The molecule has 0 atom stereocenters. The summed E-state index contributed by atoms with van der Waals surface area (Å²) in [5.74, 6) is 2.61. The molecule has 0 saturated heterocycles. The number of hydrogen-bond acceptors (Lipinski definition) is 7. The molecule has 0 spiro atoms. The lowest BCUT2D eigenvalue weighted by molar-refractivity contribution is 0.292. The molecule has 0 bridgehead atoms. The molecular formula is C22H23N5O2. The van der Waals surface area contributed by atoms with Gasteiger partial charge in [-0.25, -0.2) is 9.97 Å². The van der Waals surface area contributed by atoms with Crippen molar-refractivity contribution in [3.63, 3.8) is 0 Å². The SMILES string of the molecule is Nc1ccc2c(OCCNCCOc3cccc4nc(N)ccc34)cccc2n1. The molecule has 7 nitrogen and oxygen atoms in total. The molecule has 2 aromatic heterocycles. The van der Waals surface area contributed by atoms with E-state index in [0.29, 0.717) is 37.9 Å². The van der Waals surface area contributed by atoms with Crippen LogP contribution in [-0.2, 0) is 0 Å². The molecule has 0 radical (unpaired) electrons. The van der Waals surface area contributed by atoms with E-state index >= 15 is 0 Å². The van der Waals surface area contributed by atoms with Crippen molar-refractivity contribution in [3.05, 3.63) is 60.7 Å². The minimum atomic E-state index is 0.502. The topological polar surface area (TPSA) is 108 Å². The van der Waals surface area contributed by atoms with Gasteiger partial charge in [-0.2, -0.15) is 0 Å². The van der Waals surface area contributed by atoms with E-state index in [1.54, 1.807) is 12.1 Å². The van der Waals surface area contributed by atoms with E-state index in [1.807, 2.05) is 48.5 Å². The highest BCUT2D eigenvalue weighted by molar-refractivity contribution is 5.86. The lowest BCUT2D eigenvalue weighted by Gasteiger charge is -2.11. The van der Waals surface area contributed by atoms with E-state index in [1.165, 1.54) is 0 Å². The Hall–Kier alpha value is -3.58. The molecule has 0 aliphatic rings. The zero-order valence-electron chi connectivity index (χ0n) is 16.0. The molecule has 0 aliphatic carbocycles. The van der Waals surface area contributed by atoms with E-state index in [-0.39, 0.29) is 0 Å². The van der Waals surface area contributed by atoms with Gasteiger partial charge < -0.3 is 26.3 Å². The quantitative estimate of drug-likeness (QED) is 0.398. The Bertz CT molecular complexity index is 1040. The third kappa shape index (κ3) is 4.47. The Labute approximate surface area is 168 Å². The van der Waals surface area contributed by atoms with E-state index in [0.717, 1.165) is 33.3 Å². The summed E-state index contributed by atoms with van der Waals surface area (Å²) in [4.78, 5) is 8.63. The normalized spacial score (nSPS) is 11.0. The summed E-state index contributed by atoms with van der Waals surface area (Å²) >= 11 is 0. The average molecular weight is 389 g/mol. The Kier molecular flexibility index (Phi) is 5.58. The summed E-state index contributed by atoms with van der Waals surface area (Å²) in [5.41, 5.74) is 13.1. The van der Waals surface area contributed by atoms with Crippen LogP contribution in [-0.4, -0.2) is 36.3 Å². The van der Waals surface area contributed by atoms with E-state index in [4.69, 9.17) is 20.9 Å². The number of pyridine rings is 2. The van der Waals surface area contributed by atoms with Gasteiger partial charge in [-0.3, -0.25) is 0 Å². The second-order valence-electron chi connectivity index (χ2n) is 6.56. The number of hydrogen-bond donors (Lipinski definition) is 3. The number of rotatable bonds is 8. The van der Waals surface area contributed by atoms with Crippen molar-refractivity contribution in [1.82, 2.24) is 15.3 Å². The fraction of sp³-hybridized carbons (Fsp3) is 0.182. The van der Waals surface area contributed by atoms with Gasteiger partial charge in [-0.15, -0.1) is 0 Å². The van der Waals surface area contributed by atoms with E-state index in [2.05, 4.69) is 15.3 Å². The maximum absolute atomic E-state index is 5.89. The molecule has 7 heteroatoms. The fourth-order valence-electron chi connectivity index (χ4n) is 3.13. The van der Waals surface area contributed by atoms with Crippen LogP contribution >= 0.6 is 0 Å². The van der Waals surface area contributed by atoms with Crippen LogP contribution in [0.5, 0.6) is 11.5 Å². The van der Waals surface area contributed by atoms with Crippen molar-refractivity contribution in [2.45, 2.75) is 0 Å². The van der Waals surface area contributed by atoms with Gasteiger partial charge in [-0.1, -0.05) is 12.1 Å².